The molecular formula is C14H25N3O. The summed E-state index contributed by atoms with van der Waals surface area (Å²) in [6.07, 6.45) is 2.16. The first kappa shape index (κ1) is 15.1. The topological polar surface area (TPSA) is 70.3 Å². The maximum Gasteiger partial charge on any atom is 0.0681 e. The molecule has 0 unspecified atom stereocenters. The van der Waals surface area contributed by atoms with Crippen molar-refractivity contribution in [2.75, 3.05) is 26.2 Å². The van der Waals surface area contributed by atoms with Gasteiger partial charge in [-0.3, -0.25) is 0 Å². The molecule has 0 aliphatic carbocycles. The smallest absolute Gasteiger partial charge is 0.0681 e. The van der Waals surface area contributed by atoms with E-state index in [1.54, 1.807) is 0 Å². The van der Waals surface area contributed by atoms with E-state index in [0.717, 1.165) is 51.1 Å². The molecule has 0 radical (unpaired) electrons. The zero-order valence-corrected chi connectivity index (χ0v) is 11.0. The second kappa shape index (κ2) is 10.0. The molecule has 4 nitrogen and oxygen atoms in total. The maximum atomic E-state index is 9.04. The van der Waals surface area contributed by atoms with E-state index < -0.39 is 0 Å². The lowest BCUT2D eigenvalue weighted by Crippen LogP contribution is -2.23. The van der Waals surface area contributed by atoms with Crippen LogP contribution in [0.1, 0.15) is 24.0 Å². The van der Waals surface area contributed by atoms with Crippen molar-refractivity contribution < 1.29 is 5.11 Å². The van der Waals surface area contributed by atoms with Crippen molar-refractivity contribution in [2.45, 2.75) is 26.0 Å². The van der Waals surface area contributed by atoms with Crippen molar-refractivity contribution in [1.82, 2.24) is 10.6 Å². The van der Waals surface area contributed by atoms with Crippen molar-refractivity contribution in [3.63, 3.8) is 0 Å². The molecule has 0 aliphatic rings. The molecule has 0 aliphatic heterocycles. The Morgan fingerprint density at radius 2 is 1.72 bits per heavy atom. The Kier molecular flexibility index (Phi) is 8.42. The number of benzene rings is 1. The van der Waals surface area contributed by atoms with Gasteiger partial charge in [-0.25, -0.2) is 0 Å². The van der Waals surface area contributed by atoms with E-state index in [0.29, 0.717) is 0 Å². The summed E-state index contributed by atoms with van der Waals surface area (Å²) in [4.78, 5) is 0. The molecule has 5 N–H and O–H groups in total. The Morgan fingerprint density at radius 1 is 1.00 bits per heavy atom. The highest BCUT2D eigenvalue weighted by Crippen LogP contribution is 2.04. The van der Waals surface area contributed by atoms with Crippen molar-refractivity contribution in [3.05, 3.63) is 35.4 Å². The Hall–Kier alpha value is -0.940. The lowest BCUT2D eigenvalue weighted by molar-refractivity contribution is 0.281. The molecule has 0 saturated heterocycles. The Balaban J connectivity index is 2.03. The molecule has 0 bridgehead atoms. The van der Waals surface area contributed by atoms with Gasteiger partial charge in [-0.1, -0.05) is 24.3 Å². The number of aliphatic hydroxyl groups excluding tert-OH is 1. The van der Waals surface area contributed by atoms with Crippen LogP contribution >= 0.6 is 0 Å². The van der Waals surface area contributed by atoms with Crippen LogP contribution in [0.15, 0.2) is 24.3 Å². The van der Waals surface area contributed by atoms with E-state index in [4.69, 9.17) is 10.8 Å². The molecule has 18 heavy (non-hydrogen) atoms. The van der Waals surface area contributed by atoms with Gasteiger partial charge in [0.25, 0.3) is 0 Å². The van der Waals surface area contributed by atoms with Crippen LogP contribution in [0.4, 0.5) is 0 Å². The predicted octanol–water partition coefficient (Wildman–Crippen LogP) is 0.597. The van der Waals surface area contributed by atoms with Gasteiger partial charge >= 0.3 is 0 Å². The summed E-state index contributed by atoms with van der Waals surface area (Å²) in [5.74, 6) is 0. The minimum atomic E-state index is 0.110. The molecule has 4 heteroatoms. The van der Waals surface area contributed by atoms with Crippen LogP contribution in [0.2, 0.25) is 0 Å². The molecule has 0 heterocycles. The predicted molar refractivity (Wildman–Crippen MR) is 75.2 cm³/mol. The lowest BCUT2D eigenvalue weighted by Gasteiger charge is -2.07. The second-order valence-corrected chi connectivity index (χ2v) is 4.40. The Morgan fingerprint density at radius 3 is 2.50 bits per heavy atom. The van der Waals surface area contributed by atoms with Gasteiger partial charge in [0.2, 0.25) is 0 Å². The fourth-order valence-corrected chi connectivity index (χ4v) is 1.76. The number of nitrogens with two attached hydrogens (primary N) is 1. The fraction of sp³-hybridized carbons (Fsp3) is 0.571. The zero-order valence-electron chi connectivity index (χ0n) is 11.0. The van der Waals surface area contributed by atoms with Gasteiger partial charge in [-0.05, 0) is 50.1 Å². The maximum absolute atomic E-state index is 9.04. The van der Waals surface area contributed by atoms with E-state index in [9.17, 15) is 0 Å². The molecule has 0 saturated carbocycles. The minimum absolute atomic E-state index is 0.110. The van der Waals surface area contributed by atoms with Crippen molar-refractivity contribution in [2.24, 2.45) is 5.73 Å². The first-order chi connectivity index (χ1) is 8.86. The molecule has 1 aromatic rings. The summed E-state index contributed by atoms with van der Waals surface area (Å²) >= 11 is 0. The highest BCUT2D eigenvalue weighted by molar-refractivity contribution is 5.22. The van der Waals surface area contributed by atoms with Gasteiger partial charge < -0.3 is 21.5 Å². The van der Waals surface area contributed by atoms with Gasteiger partial charge in [-0.2, -0.15) is 0 Å². The van der Waals surface area contributed by atoms with Crippen LogP contribution in [0.3, 0.4) is 0 Å². The van der Waals surface area contributed by atoms with Gasteiger partial charge in [0.15, 0.2) is 0 Å². The summed E-state index contributed by atoms with van der Waals surface area (Å²) in [6, 6.07) is 8.03. The van der Waals surface area contributed by atoms with E-state index in [1.807, 2.05) is 18.2 Å². The van der Waals surface area contributed by atoms with E-state index in [1.165, 1.54) is 5.56 Å². The Bertz CT molecular complexity index is 318. The number of nitrogens with one attached hydrogen (secondary N) is 2. The third-order valence-electron chi connectivity index (χ3n) is 2.77. The molecule has 0 spiro atoms. The molecular weight excluding hydrogens is 226 g/mol. The van der Waals surface area contributed by atoms with Crippen LogP contribution in [0.25, 0.3) is 0 Å². The number of hydrogen-bond acceptors (Lipinski definition) is 4. The molecule has 0 atom stereocenters. The van der Waals surface area contributed by atoms with Crippen LogP contribution in [-0.2, 0) is 13.2 Å². The molecule has 0 amide bonds. The number of rotatable bonds is 10. The largest absolute Gasteiger partial charge is 0.392 e. The molecule has 1 aromatic carbocycles. The molecule has 0 fully saturated rings. The summed E-state index contributed by atoms with van der Waals surface area (Å²) in [6.45, 7) is 4.76. The molecule has 1 rings (SSSR count). The van der Waals surface area contributed by atoms with Crippen molar-refractivity contribution in [1.29, 1.82) is 0 Å². The minimum Gasteiger partial charge on any atom is -0.392 e. The summed E-state index contributed by atoms with van der Waals surface area (Å²) in [5, 5.41) is 15.8. The van der Waals surface area contributed by atoms with Gasteiger partial charge in [-0.15, -0.1) is 0 Å². The van der Waals surface area contributed by atoms with Crippen molar-refractivity contribution in [3.8, 4) is 0 Å². The summed E-state index contributed by atoms with van der Waals surface area (Å²) in [5.41, 5.74) is 7.60. The summed E-state index contributed by atoms with van der Waals surface area (Å²) in [7, 11) is 0. The quantitative estimate of drug-likeness (QED) is 0.460. The van der Waals surface area contributed by atoms with Crippen LogP contribution < -0.4 is 16.4 Å². The standard InChI is InChI=1S/C14H25N3O/c15-6-2-7-16-8-3-9-17-11-13-4-1-5-14(10-13)12-18/h1,4-5,10,16-18H,2-3,6-9,11-12,15H2. The van der Waals surface area contributed by atoms with Crippen LogP contribution in [-0.4, -0.2) is 31.3 Å². The number of aliphatic hydroxyl groups is 1. The van der Waals surface area contributed by atoms with Crippen LogP contribution in [0, 0.1) is 0 Å². The lowest BCUT2D eigenvalue weighted by atomic mass is 10.1. The highest BCUT2D eigenvalue weighted by Gasteiger charge is 1.95. The SMILES string of the molecule is NCCCNCCCNCc1cccc(CO)c1. The first-order valence-electron chi connectivity index (χ1n) is 6.67. The Labute approximate surface area is 110 Å². The first-order valence-corrected chi connectivity index (χ1v) is 6.67. The normalized spacial score (nSPS) is 10.8. The van der Waals surface area contributed by atoms with Crippen LogP contribution in [0.5, 0.6) is 0 Å². The van der Waals surface area contributed by atoms with Gasteiger partial charge in [0, 0.05) is 6.54 Å². The van der Waals surface area contributed by atoms with E-state index in [2.05, 4.69) is 16.7 Å². The average molecular weight is 251 g/mol. The molecule has 0 aromatic heterocycles. The fourth-order valence-electron chi connectivity index (χ4n) is 1.76. The van der Waals surface area contributed by atoms with Gasteiger partial charge in [0.05, 0.1) is 6.61 Å². The molecule has 102 valence electrons. The number of hydrogen-bond donors (Lipinski definition) is 4. The zero-order chi connectivity index (χ0) is 13.1. The summed E-state index contributed by atoms with van der Waals surface area (Å²) < 4.78 is 0. The third kappa shape index (κ3) is 6.71. The third-order valence-corrected chi connectivity index (χ3v) is 2.77. The second-order valence-electron chi connectivity index (χ2n) is 4.40. The van der Waals surface area contributed by atoms with E-state index >= 15 is 0 Å². The van der Waals surface area contributed by atoms with Gasteiger partial charge in [0.1, 0.15) is 0 Å². The van der Waals surface area contributed by atoms with Crippen molar-refractivity contribution >= 4 is 0 Å². The van der Waals surface area contributed by atoms with E-state index in [-0.39, 0.29) is 6.61 Å². The average Bonchev–Trinajstić information content (AvgIpc) is 2.42. The highest BCUT2D eigenvalue weighted by atomic mass is 16.3. The monoisotopic (exact) mass is 251 g/mol.